The molecule has 2 aliphatic rings. The summed E-state index contributed by atoms with van der Waals surface area (Å²) in [5.41, 5.74) is 11.2. The van der Waals surface area contributed by atoms with Gasteiger partial charge in [-0.3, -0.25) is 9.78 Å². The van der Waals surface area contributed by atoms with Crippen molar-refractivity contribution < 1.29 is 9.18 Å². The number of pyridine rings is 1. The zero-order chi connectivity index (χ0) is 22.5. The van der Waals surface area contributed by atoms with Crippen molar-refractivity contribution in [3.63, 3.8) is 0 Å². The number of benzene rings is 2. The molecular formula is C28H31FN2O. The summed E-state index contributed by atoms with van der Waals surface area (Å²) < 4.78 is 13.9. The first-order valence-electron chi connectivity index (χ1n) is 11.8. The molecule has 3 nitrogen and oxygen atoms in total. The first-order chi connectivity index (χ1) is 15.4. The number of carbonyl (C=O) groups is 1. The first kappa shape index (κ1) is 21.1. The molecule has 0 bridgehead atoms. The van der Waals surface area contributed by atoms with Crippen molar-refractivity contribution >= 4 is 16.8 Å². The fourth-order valence-electron chi connectivity index (χ4n) is 5.70. The van der Waals surface area contributed by atoms with Gasteiger partial charge in [-0.25, -0.2) is 4.39 Å². The third-order valence-electron chi connectivity index (χ3n) is 8.16. The van der Waals surface area contributed by atoms with Crippen LogP contribution in [0.15, 0.2) is 48.7 Å². The summed E-state index contributed by atoms with van der Waals surface area (Å²) in [7, 11) is 0. The molecule has 0 spiro atoms. The van der Waals surface area contributed by atoms with Crippen LogP contribution in [0.25, 0.3) is 10.9 Å². The summed E-state index contributed by atoms with van der Waals surface area (Å²) in [6.45, 7) is 4.55. The fraction of sp³-hybridized carbons (Fsp3) is 0.429. The Morgan fingerprint density at radius 1 is 1.09 bits per heavy atom. The number of fused-ring (bicyclic) bond motifs is 1. The predicted molar refractivity (Wildman–Crippen MR) is 126 cm³/mol. The lowest BCUT2D eigenvalue weighted by Crippen LogP contribution is -2.22. The Morgan fingerprint density at radius 3 is 2.53 bits per heavy atom. The summed E-state index contributed by atoms with van der Waals surface area (Å²) in [6.07, 6.45) is 8.56. The third kappa shape index (κ3) is 3.80. The minimum absolute atomic E-state index is 0.211. The molecular weight excluding hydrogens is 399 g/mol. The van der Waals surface area contributed by atoms with Gasteiger partial charge in [0.1, 0.15) is 5.82 Å². The summed E-state index contributed by atoms with van der Waals surface area (Å²) in [5, 5.41) is 0.936. The second-order valence-electron chi connectivity index (χ2n) is 10.2. The molecule has 32 heavy (non-hydrogen) atoms. The Hall–Kier alpha value is -2.75. The summed E-state index contributed by atoms with van der Waals surface area (Å²) in [4.78, 5) is 16.6. The third-order valence-corrected chi connectivity index (χ3v) is 8.16. The maximum absolute atomic E-state index is 13.9. The molecule has 2 aromatic carbocycles. The number of amides is 1. The van der Waals surface area contributed by atoms with Crippen LogP contribution in [-0.4, -0.2) is 10.9 Å². The highest BCUT2D eigenvalue weighted by Gasteiger charge is 2.40. The standard InChI is InChI=1S/C28H31FN2O/c1-17(24-15-20(28(2)12-13-28)7-9-23(24)27(30)32)18-3-5-19(6-4-18)22-11-14-31-26-10-8-21(29)16-25(22)26/h7-11,14-19H,3-6,12-13H2,1-2H3,(H2,30,32)/t17-,18?,19?/m1/s1. The highest BCUT2D eigenvalue weighted by molar-refractivity contribution is 5.94. The van der Waals surface area contributed by atoms with Gasteiger partial charge in [0, 0.05) is 17.1 Å². The lowest BCUT2D eigenvalue weighted by atomic mass is 9.71. The van der Waals surface area contributed by atoms with Crippen molar-refractivity contribution in [3.8, 4) is 0 Å². The minimum atomic E-state index is -0.335. The number of halogens is 1. The predicted octanol–water partition coefficient (Wildman–Crippen LogP) is 6.60. The summed E-state index contributed by atoms with van der Waals surface area (Å²) >= 11 is 0. The molecule has 2 saturated carbocycles. The molecule has 0 unspecified atom stereocenters. The molecule has 2 fully saturated rings. The molecule has 4 heteroatoms. The molecule has 166 valence electrons. The van der Waals surface area contributed by atoms with Gasteiger partial charge in [-0.1, -0.05) is 26.0 Å². The highest BCUT2D eigenvalue weighted by Crippen LogP contribution is 2.49. The molecule has 1 heterocycles. The van der Waals surface area contributed by atoms with Crippen molar-refractivity contribution in [2.45, 2.75) is 69.6 Å². The topological polar surface area (TPSA) is 56.0 Å². The van der Waals surface area contributed by atoms with Crippen LogP contribution in [0.2, 0.25) is 0 Å². The van der Waals surface area contributed by atoms with Gasteiger partial charge in [0.2, 0.25) is 5.91 Å². The molecule has 5 rings (SSSR count). The van der Waals surface area contributed by atoms with Gasteiger partial charge < -0.3 is 5.73 Å². The van der Waals surface area contributed by atoms with Gasteiger partial charge in [-0.15, -0.1) is 0 Å². The molecule has 1 atom stereocenters. The van der Waals surface area contributed by atoms with Crippen LogP contribution in [0.5, 0.6) is 0 Å². The average molecular weight is 431 g/mol. The summed E-state index contributed by atoms with van der Waals surface area (Å²) in [6, 6.07) is 13.2. The van der Waals surface area contributed by atoms with Crippen LogP contribution < -0.4 is 5.73 Å². The molecule has 3 aromatic rings. The number of aromatic nitrogens is 1. The number of nitrogens with two attached hydrogens (primary N) is 1. The zero-order valence-corrected chi connectivity index (χ0v) is 18.9. The van der Waals surface area contributed by atoms with Gasteiger partial charge in [-0.2, -0.15) is 0 Å². The van der Waals surface area contributed by atoms with Crippen LogP contribution in [-0.2, 0) is 5.41 Å². The minimum Gasteiger partial charge on any atom is -0.366 e. The molecule has 0 radical (unpaired) electrons. The number of hydrogen-bond donors (Lipinski definition) is 1. The van der Waals surface area contributed by atoms with Crippen molar-refractivity contribution in [1.82, 2.24) is 4.98 Å². The van der Waals surface area contributed by atoms with Gasteiger partial charge in [-0.05, 0) is 109 Å². The Balaban J connectivity index is 1.37. The maximum Gasteiger partial charge on any atom is 0.248 e. The Labute approximate surface area is 189 Å². The van der Waals surface area contributed by atoms with Crippen LogP contribution in [0.1, 0.15) is 91.3 Å². The summed E-state index contributed by atoms with van der Waals surface area (Å²) in [5.74, 6) is 0.664. The van der Waals surface area contributed by atoms with E-state index in [0.29, 0.717) is 17.4 Å². The van der Waals surface area contributed by atoms with E-state index in [4.69, 9.17) is 5.73 Å². The Morgan fingerprint density at radius 2 is 1.84 bits per heavy atom. The molecule has 0 aliphatic heterocycles. The van der Waals surface area contributed by atoms with Gasteiger partial charge >= 0.3 is 0 Å². The SMILES string of the molecule is C[C@@H](c1cc(C2(C)CC2)ccc1C(N)=O)C1CCC(c2ccnc3ccc(F)cc23)CC1. The molecule has 2 N–H and O–H groups in total. The van der Waals surface area contributed by atoms with Gasteiger partial charge in [0.05, 0.1) is 5.52 Å². The quantitative estimate of drug-likeness (QED) is 0.496. The van der Waals surface area contributed by atoms with Crippen LogP contribution >= 0.6 is 0 Å². The second-order valence-corrected chi connectivity index (χ2v) is 10.2. The van der Waals surface area contributed by atoms with E-state index in [1.54, 1.807) is 12.1 Å². The van der Waals surface area contributed by atoms with E-state index in [1.165, 1.54) is 30.0 Å². The second kappa shape index (κ2) is 7.99. The monoisotopic (exact) mass is 430 g/mol. The highest BCUT2D eigenvalue weighted by atomic mass is 19.1. The van der Waals surface area contributed by atoms with Crippen molar-refractivity contribution in [2.24, 2.45) is 11.7 Å². The van der Waals surface area contributed by atoms with E-state index in [0.717, 1.165) is 42.1 Å². The normalized spacial score (nSPS) is 23.1. The number of hydrogen-bond acceptors (Lipinski definition) is 2. The lowest BCUT2D eigenvalue weighted by Gasteiger charge is -2.34. The average Bonchev–Trinajstić information content (AvgIpc) is 3.56. The van der Waals surface area contributed by atoms with Crippen molar-refractivity contribution in [3.05, 3.63) is 76.7 Å². The van der Waals surface area contributed by atoms with Crippen molar-refractivity contribution in [1.29, 1.82) is 0 Å². The van der Waals surface area contributed by atoms with Crippen LogP contribution in [0.3, 0.4) is 0 Å². The van der Waals surface area contributed by atoms with Crippen LogP contribution in [0, 0.1) is 11.7 Å². The van der Waals surface area contributed by atoms with Gasteiger partial charge in [0.15, 0.2) is 0 Å². The smallest absolute Gasteiger partial charge is 0.248 e. The Bertz CT molecular complexity index is 1180. The van der Waals surface area contributed by atoms with Crippen molar-refractivity contribution in [2.75, 3.05) is 0 Å². The number of primary amides is 1. The molecule has 2 aliphatic carbocycles. The van der Waals surface area contributed by atoms with E-state index in [9.17, 15) is 9.18 Å². The van der Waals surface area contributed by atoms with E-state index in [2.05, 4.69) is 37.0 Å². The maximum atomic E-state index is 13.9. The number of rotatable bonds is 5. The Kier molecular flexibility index (Phi) is 5.27. The lowest BCUT2D eigenvalue weighted by molar-refractivity contribution is 0.0998. The van der Waals surface area contributed by atoms with E-state index < -0.39 is 0 Å². The molecule has 1 amide bonds. The fourth-order valence-corrected chi connectivity index (χ4v) is 5.70. The number of carbonyl (C=O) groups excluding carboxylic acids is 1. The van der Waals surface area contributed by atoms with E-state index in [1.807, 2.05) is 12.3 Å². The zero-order valence-electron chi connectivity index (χ0n) is 18.9. The van der Waals surface area contributed by atoms with Crippen LogP contribution in [0.4, 0.5) is 4.39 Å². The van der Waals surface area contributed by atoms with E-state index in [-0.39, 0.29) is 23.1 Å². The number of nitrogens with zero attached hydrogens (tertiary/aromatic N) is 1. The van der Waals surface area contributed by atoms with E-state index >= 15 is 0 Å². The first-order valence-corrected chi connectivity index (χ1v) is 11.8. The van der Waals surface area contributed by atoms with Gasteiger partial charge in [0.25, 0.3) is 0 Å². The largest absolute Gasteiger partial charge is 0.366 e. The molecule has 1 aromatic heterocycles. The molecule has 0 saturated heterocycles.